The van der Waals surface area contributed by atoms with Crippen molar-refractivity contribution in [3.05, 3.63) is 54.4 Å². The SMILES string of the molecule is CCC1CC(OC(=O)N2CCN(c3ccccc3F)CC2)CC1c1nnc2cnc3[nH]ccc3n12. The maximum absolute atomic E-state index is 14.1. The lowest BCUT2D eigenvalue weighted by atomic mass is 9.93. The highest BCUT2D eigenvalue weighted by atomic mass is 19.1. The van der Waals surface area contributed by atoms with Crippen molar-refractivity contribution >= 4 is 28.6 Å². The minimum absolute atomic E-state index is 0.145. The third kappa shape index (κ3) is 3.86. The number of aromatic amines is 1. The molecule has 4 heterocycles. The van der Waals surface area contributed by atoms with Crippen molar-refractivity contribution < 1.29 is 13.9 Å². The number of amides is 1. The second kappa shape index (κ2) is 8.83. The Bertz CT molecular complexity index is 1360. The van der Waals surface area contributed by atoms with E-state index < -0.39 is 0 Å². The van der Waals surface area contributed by atoms with Gasteiger partial charge in [-0.05, 0) is 37.0 Å². The number of halogens is 1. The highest BCUT2D eigenvalue weighted by Gasteiger charge is 2.40. The van der Waals surface area contributed by atoms with Crippen LogP contribution in [-0.4, -0.2) is 67.8 Å². The van der Waals surface area contributed by atoms with Crippen LogP contribution in [0.4, 0.5) is 14.9 Å². The number of piperazine rings is 1. The number of nitrogens with one attached hydrogen (secondary N) is 1. The molecule has 4 aromatic rings. The Morgan fingerprint density at radius 3 is 2.77 bits per heavy atom. The van der Waals surface area contributed by atoms with Crippen LogP contribution in [0.3, 0.4) is 0 Å². The zero-order valence-corrected chi connectivity index (χ0v) is 19.6. The van der Waals surface area contributed by atoms with E-state index in [4.69, 9.17) is 4.74 Å². The molecule has 35 heavy (non-hydrogen) atoms. The molecular formula is C25H28FN7O2. The first-order chi connectivity index (χ1) is 17.1. The van der Waals surface area contributed by atoms with Crippen LogP contribution < -0.4 is 4.90 Å². The smallest absolute Gasteiger partial charge is 0.410 e. The quantitative estimate of drug-likeness (QED) is 0.478. The first kappa shape index (κ1) is 21.8. The predicted octanol–water partition coefficient (Wildman–Crippen LogP) is 3.98. The number of benzene rings is 1. The summed E-state index contributed by atoms with van der Waals surface area (Å²) >= 11 is 0. The van der Waals surface area contributed by atoms with Gasteiger partial charge in [0.25, 0.3) is 0 Å². The van der Waals surface area contributed by atoms with Gasteiger partial charge in [-0.25, -0.2) is 14.2 Å². The fraction of sp³-hybridized carbons (Fsp3) is 0.440. The molecule has 3 atom stereocenters. The molecule has 1 aliphatic heterocycles. The van der Waals surface area contributed by atoms with Gasteiger partial charge in [-0.3, -0.25) is 4.40 Å². The van der Waals surface area contributed by atoms with Gasteiger partial charge in [-0.1, -0.05) is 25.5 Å². The lowest BCUT2D eigenvalue weighted by Crippen LogP contribution is -2.49. The molecule has 0 radical (unpaired) electrons. The number of anilines is 1. The van der Waals surface area contributed by atoms with Crippen molar-refractivity contribution in [3.63, 3.8) is 0 Å². The highest BCUT2D eigenvalue weighted by molar-refractivity contribution is 5.74. The molecule has 1 amide bonds. The summed E-state index contributed by atoms with van der Waals surface area (Å²) in [5, 5.41) is 8.87. The van der Waals surface area contributed by atoms with Crippen molar-refractivity contribution in [2.45, 2.75) is 38.2 Å². The molecular weight excluding hydrogens is 449 g/mol. The standard InChI is InChI=1S/C25H28FN7O2/c1-2-16-13-17(14-18(16)24-30-29-22-15-28-23-21(33(22)24)7-8-27-23)35-25(34)32-11-9-31(10-12-32)20-6-4-3-5-19(20)26/h3-8,15-18,27H,2,9-14H2,1H3. The molecule has 1 saturated heterocycles. The molecule has 2 aliphatic rings. The van der Waals surface area contributed by atoms with Crippen LogP contribution >= 0.6 is 0 Å². The molecule has 10 heteroatoms. The summed E-state index contributed by atoms with van der Waals surface area (Å²) in [6, 6.07) is 8.74. The van der Waals surface area contributed by atoms with Gasteiger partial charge in [0.1, 0.15) is 17.7 Å². The maximum atomic E-state index is 14.1. The van der Waals surface area contributed by atoms with Crippen molar-refractivity contribution in [3.8, 4) is 0 Å². The van der Waals surface area contributed by atoms with Gasteiger partial charge in [-0.15, -0.1) is 10.2 Å². The second-order valence-electron chi connectivity index (χ2n) is 9.40. The van der Waals surface area contributed by atoms with Crippen LogP contribution in [0.1, 0.15) is 37.9 Å². The summed E-state index contributed by atoms with van der Waals surface area (Å²) in [6.45, 7) is 4.34. The summed E-state index contributed by atoms with van der Waals surface area (Å²) in [5.41, 5.74) is 3.04. The van der Waals surface area contributed by atoms with Gasteiger partial charge in [0, 0.05) is 38.3 Å². The molecule has 0 bridgehead atoms. The molecule has 0 spiro atoms. The summed E-state index contributed by atoms with van der Waals surface area (Å²) in [7, 11) is 0. The number of hydrogen-bond acceptors (Lipinski definition) is 6. The van der Waals surface area contributed by atoms with Gasteiger partial charge in [0.05, 0.1) is 17.4 Å². The number of hydrogen-bond donors (Lipinski definition) is 1. The Hall–Kier alpha value is -3.69. The number of nitrogens with zero attached hydrogens (tertiary/aromatic N) is 6. The Morgan fingerprint density at radius 2 is 1.97 bits per heavy atom. The lowest BCUT2D eigenvalue weighted by molar-refractivity contribution is 0.0617. The molecule has 1 aliphatic carbocycles. The van der Waals surface area contributed by atoms with Crippen molar-refractivity contribution in [1.82, 2.24) is 29.5 Å². The van der Waals surface area contributed by atoms with E-state index in [0.717, 1.165) is 35.5 Å². The summed E-state index contributed by atoms with van der Waals surface area (Å²) in [4.78, 5) is 24.2. The first-order valence-electron chi connectivity index (χ1n) is 12.2. The number of para-hydroxylation sites is 1. The largest absolute Gasteiger partial charge is 0.446 e. The van der Waals surface area contributed by atoms with E-state index in [9.17, 15) is 9.18 Å². The summed E-state index contributed by atoms with van der Waals surface area (Å²) < 4.78 is 22.2. The van der Waals surface area contributed by atoms with Crippen molar-refractivity contribution in [1.29, 1.82) is 0 Å². The maximum Gasteiger partial charge on any atom is 0.410 e. The van der Waals surface area contributed by atoms with E-state index in [-0.39, 0.29) is 23.9 Å². The van der Waals surface area contributed by atoms with Crippen LogP contribution in [0.15, 0.2) is 42.7 Å². The van der Waals surface area contributed by atoms with E-state index >= 15 is 0 Å². The summed E-state index contributed by atoms with van der Waals surface area (Å²) in [6.07, 6.45) is 5.62. The van der Waals surface area contributed by atoms with Gasteiger partial charge >= 0.3 is 6.09 Å². The molecule has 1 saturated carbocycles. The topological polar surface area (TPSA) is 91.7 Å². The number of fused-ring (bicyclic) bond motifs is 3. The van der Waals surface area contributed by atoms with E-state index in [1.807, 2.05) is 23.2 Å². The minimum atomic E-state index is -0.290. The number of carbonyl (C=O) groups excluding carboxylic acids is 1. The molecule has 1 aromatic carbocycles. The Morgan fingerprint density at radius 1 is 1.14 bits per heavy atom. The molecule has 1 N–H and O–H groups in total. The second-order valence-corrected chi connectivity index (χ2v) is 9.40. The number of ether oxygens (including phenoxy) is 1. The van der Waals surface area contributed by atoms with Gasteiger partial charge in [0.15, 0.2) is 11.3 Å². The van der Waals surface area contributed by atoms with Gasteiger partial charge in [0.2, 0.25) is 0 Å². The van der Waals surface area contributed by atoms with E-state index in [1.165, 1.54) is 6.07 Å². The number of H-pyrrole nitrogens is 1. The van der Waals surface area contributed by atoms with Crippen LogP contribution in [0.2, 0.25) is 0 Å². The molecule has 2 fully saturated rings. The van der Waals surface area contributed by atoms with Crippen LogP contribution in [0.25, 0.3) is 16.8 Å². The van der Waals surface area contributed by atoms with Crippen LogP contribution in [0.5, 0.6) is 0 Å². The first-order valence-corrected chi connectivity index (χ1v) is 12.2. The molecule has 3 unspecified atom stereocenters. The van der Waals surface area contributed by atoms with Crippen molar-refractivity contribution in [2.75, 3.05) is 31.1 Å². The minimum Gasteiger partial charge on any atom is -0.446 e. The number of carbonyl (C=O) groups is 1. The highest BCUT2D eigenvalue weighted by Crippen LogP contribution is 2.42. The lowest BCUT2D eigenvalue weighted by Gasteiger charge is -2.36. The Balaban J connectivity index is 1.13. The predicted molar refractivity (Wildman–Crippen MR) is 129 cm³/mol. The Kier molecular flexibility index (Phi) is 5.50. The third-order valence-corrected chi connectivity index (χ3v) is 7.47. The molecule has 182 valence electrons. The van der Waals surface area contributed by atoms with Crippen LogP contribution in [0, 0.1) is 11.7 Å². The van der Waals surface area contributed by atoms with Gasteiger partial charge in [-0.2, -0.15) is 0 Å². The van der Waals surface area contributed by atoms with Gasteiger partial charge < -0.3 is 19.5 Å². The van der Waals surface area contributed by atoms with Crippen molar-refractivity contribution in [2.24, 2.45) is 5.92 Å². The number of aromatic nitrogens is 5. The van der Waals surface area contributed by atoms with E-state index in [1.54, 1.807) is 23.2 Å². The fourth-order valence-electron chi connectivity index (χ4n) is 5.63. The third-order valence-electron chi connectivity index (χ3n) is 7.47. The van der Waals surface area contributed by atoms with Crippen LogP contribution in [-0.2, 0) is 4.74 Å². The number of rotatable bonds is 4. The average Bonchev–Trinajstić information content (AvgIpc) is 3.61. The zero-order chi connectivity index (χ0) is 23.9. The fourth-order valence-corrected chi connectivity index (χ4v) is 5.63. The Labute approximate surface area is 201 Å². The molecule has 3 aromatic heterocycles. The molecule has 9 nitrogen and oxygen atoms in total. The zero-order valence-electron chi connectivity index (χ0n) is 19.6. The van der Waals surface area contributed by atoms with E-state index in [0.29, 0.717) is 44.2 Å². The normalized spacial score (nSPS) is 22.9. The summed E-state index contributed by atoms with van der Waals surface area (Å²) in [5.74, 6) is 1.15. The van der Waals surface area contributed by atoms with E-state index in [2.05, 4.69) is 31.5 Å². The monoisotopic (exact) mass is 477 g/mol. The molecule has 6 rings (SSSR count). The average molecular weight is 478 g/mol.